The average Bonchev–Trinajstić information content (AvgIpc) is 2.96. The van der Waals surface area contributed by atoms with Crippen LogP contribution in [0.1, 0.15) is 11.5 Å². The fraction of sp³-hybridized carbons (Fsp3) is 0.444. The fourth-order valence-corrected chi connectivity index (χ4v) is 4.18. The molecule has 5 rings (SSSR count). The molecular formula is C18H17F2N3O2. The number of carbonyl (C=O) groups is 1. The summed E-state index contributed by atoms with van der Waals surface area (Å²) < 4.78 is 32.5. The molecule has 3 atom stereocenters. The van der Waals surface area contributed by atoms with Gasteiger partial charge < -0.3 is 14.6 Å². The lowest BCUT2D eigenvalue weighted by atomic mass is 10.1. The molecular weight excluding hydrogens is 328 g/mol. The Morgan fingerprint density at radius 1 is 1.20 bits per heavy atom. The van der Waals surface area contributed by atoms with Crippen LogP contribution in [0.4, 0.5) is 8.78 Å². The lowest BCUT2D eigenvalue weighted by Crippen LogP contribution is -2.38. The van der Waals surface area contributed by atoms with Crippen molar-refractivity contribution in [2.24, 2.45) is 17.8 Å². The monoisotopic (exact) mass is 345 g/mol. The molecule has 3 aliphatic rings. The van der Waals surface area contributed by atoms with Crippen molar-refractivity contribution in [1.82, 2.24) is 15.2 Å². The fourth-order valence-electron chi connectivity index (χ4n) is 4.18. The molecule has 2 aliphatic heterocycles. The van der Waals surface area contributed by atoms with Crippen LogP contribution >= 0.6 is 0 Å². The molecule has 1 aromatic heterocycles. The van der Waals surface area contributed by atoms with Gasteiger partial charge in [0.25, 0.3) is 0 Å². The SMILES string of the molecule is O=C(C1[C@H]2CNC[C@@H]12)N1CCc2oc(-c3cc(F)cc(F)c3)nc2C1. The first-order valence-electron chi connectivity index (χ1n) is 8.55. The Balaban J connectivity index is 1.36. The summed E-state index contributed by atoms with van der Waals surface area (Å²) >= 11 is 0. The van der Waals surface area contributed by atoms with Gasteiger partial charge in [0.1, 0.15) is 23.1 Å². The van der Waals surface area contributed by atoms with Crippen LogP contribution in [-0.2, 0) is 17.8 Å². The summed E-state index contributed by atoms with van der Waals surface area (Å²) in [6.45, 7) is 2.86. The highest BCUT2D eigenvalue weighted by atomic mass is 19.1. The Kier molecular flexibility index (Phi) is 3.22. The van der Waals surface area contributed by atoms with E-state index < -0.39 is 11.6 Å². The highest BCUT2D eigenvalue weighted by molar-refractivity contribution is 5.83. The van der Waals surface area contributed by atoms with E-state index in [0.29, 0.717) is 42.8 Å². The lowest BCUT2D eigenvalue weighted by molar-refractivity contribution is -0.134. The molecule has 1 N–H and O–H groups in total. The highest BCUT2D eigenvalue weighted by Crippen LogP contribution is 2.49. The van der Waals surface area contributed by atoms with Crippen molar-refractivity contribution in [3.05, 3.63) is 41.3 Å². The first-order chi connectivity index (χ1) is 12.1. The van der Waals surface area contributed by atoms with E-state index in [1.807, 2.05) is 4.90 Å². The molecule has 3 heterocycles. The highest BCUT2D eigenvalue weighted by Gasteiger charge is 2.58. The van der Waals surface area contributed by atoms with Crippen molar-refractivity contribution < 1.29 is 18.0 Å². The number of carbonyl (C=O) groups excluding carboxylic acids is 1. The Labute approximate surface area is 143 Å². The standard InChI is InChI=1S/C18H17F2N3O2/c19-10-3-9(4-11(20)5-10)17-22-14-8-23(2-1-15(14)25-17)18(24)16-12-6-21-7-13(12)16/h3-5,12-13,16,21H,1-2,6-8H2/t12-,13+,16?. The molecule has 1 saturated heterocycles. The molecule has 130 valence electrons. The third-order valence-corrected chi connectivity index (χ3v) is 5.53. The second-order valence-electron chi connectivity index (χ2n) is 7.07. The zero-order valence-corrected chi connectivity index (χ0v) is 13.5. The first-order valence-corrected chi connectivity index (χ1v) is 8.55. The molecule has 2 aromatic rings. The second kappa shape index (κ2) is 5.36. The van der Waals surface area contributed by atoms with Crippen LogP contribution in [0.3, 0.4) is 0 Å². The van der Waals surface area contributed by atoms with Crippen LogP contribution < -0.4 is 5.32 Å². The number of aromatic nitrogens is 1. The summed E-state index contributed by atoms with van der Waals surface area (Å²) in [6, 6.07) is 3.21. The van der Waals surface area contributed by atoms with Crippen LogP contribution in [0, 0.1) is 29.4 Å². The predicted molar refractivity (Wildman–Crippen MR) is 84.3 cm³/mol. The topological polar surface area (TPSA) is 58.4 Å². The summed E-state index contributed by atoms with van der Waals surface area (Å²) in [5.41, 5.74) is 0.954. The lowest BCUT2D eigenvalue weighted by Gasteiger charge is -2.26. The van der Waals surface area contributed by atoms with Crippen molar-refractivity contribution in [2.75, 3.05) is 19.6 Å². The van der Waals surface area contributed by atoms with E-state index in [1.54, 1.807) is 0 Å². The summed E-state index contributed by atoms with van der Waals surface area (Å²) in [6.07, 6.45) is 0.576. The summed E-state index contributed by atoms with van der Waals surface area (Å²) in [7, 11) is 0. The van der Waals surface area contributed by atoms with Crippen LogP contribution in [0.25, 0.3) is 11.5 Å². The van der Waals surface area contributed by atoms with E-state index in [1.165, 1.54) is 12.1 Å². The number of benzene rings is 1. The molecule has 2 fully saturated rings. The predicted octanol–water partition coefficient (Wildman–Crippen LogP) is 1.97. The number of hydrogen-bond donors (Lipinski definition) is 1. The maximum absolute atomic E-state index is 13.4. The second-order valence-corrected chi connectivity index (χ2v) is 7.07. The average molecular weight is 345 g/mol. The maximum Gasteiger partial charge on any atom is 0.226 e. The third-order valence-electron chi connectivity index (χ3n) is 5.53. The Morgan fingerprint density at radius 2 is 1.92 bits per heavy atom. The van der Waals surface area contributed by atoms with E-state index in [-0.39, 0.29) is 23.3 Å². The van der Waals surface area contributed by atoms with Crippen molar-refractivity contribution in [3.63, 3.8) is 0 Å². The molecule has 1 aromatic carbocycles. The molecule has 1 aliphatic carbocycles. The molecule has 1 saturated carbocycles. The van der Waals surface area contributed by atoms with E-state index in [9.17, 15) is 13.6 Å². The summed E-state index contributed by atoms with van der Waals surface area (Å²) in [5, 5.41) is 3.30. The van der Waals surface area contributed by atoms with Gasteiger partial charge in [-0.25, -0.2) is 13.8 Å². The van der Waals surface area contributed by atoms with Gasteiger partial charge in [0.05, 0.1) is 6.54 Å². The van der Waals surface area contributed by atoms with Gasteiger partial charge in [-0.15, -0.1) is 0 Å². The van der Waals surface area contributed by atoms with Gasteiger partial charge in [-0.2, -0.15) is 0 Å². The molecule has 0 bridgehead atoms. The largest absolute Gasteiger partial charge is 0.441 e. The number of piperidine rings is 1. The minimum atomic E-state index is -0.670. The number of hydrogen-bond acceptors (Lipinski definition) is 4. The van der Waals surface area contributed by atoms with Gasteiger partial charge in [-0.1, -0.05) is 0 Å². The number of fused-ring (bicyclic) bond motifs is 2. The van der Waals surface area contributed by atoms with Crippen LogP contribution in [0.5, 0.6) is 0 Å². The minimum absolute atomic E-state index is 0.145. The number of amides is 1. The van der Waals surface area contributed by atoms with Gasteiger partial charge in [0.15, 0.2) is 0 Å². The maximum atomic E-state index is 13.4. The van der Waals surface area contributed by atoms with Crippen LogP contribution in [-0.4, -0.2) is 35.4 Å². The molecule has 5 nitrogen and oxygen atoms in total. The van der Waals surface area contributed by atoms with E-state index in [0.717, 1.165) is 19.2 Å². The van der Waals surface area contributed by atoms with Crippen molar-refractivity contribution in [2.45, 2.75) is 13.0 Å². The first kappa shape index (κ1) is 15.0. The van der Waals surface area contributed by atoms with Crippen LogP contribution in [0.15, 0.2) is 22.6 Å². The van der Waals surface area contributed by atoms with Crippen molar-refractivity contribution in [3.8, 4) is 11.5 Å². The van der Waals surface area contributed by atoms with Gasteiger partial charge in [-0.05, 0) is 37.1 Å². The van der Waals surface area contributed by atoms with Crippen molar-refractivity contribution in [1.29, 1.82) is 0 Å². The summed E-state index contributed by atoms with van der Waals surface area (Å²) in [4.78, 5) is 18.9. The Bertz CT molecular complexity index is 836. The van der Waals surface area contributed by atoms with E-state index in [2.05, 4.69) is 10.3 Å². The molecule has 25 heavy (non-hydrogen) atoms. The smallest absolute Gasteiger partial charge is 0.226 e. The quantitative estimate of drug-likeness (QED) is 0.904. The van der Waals surface area contributed by atoms with Gasteiger partial charge >= 0.3 is 0 Å². The number of nitrogens with zero attached hydrogens (tertiary/aromatic N) is 2. The number of nitrogens with one attached hydrogen (secondary N) is 1. The summed E-state index contributed by atoms with van der Waals surface area (Å²) in [5.74, 6) is 0.865. The number of oxazole rings is 1. The third kappa shape index (κ3) is 2.45. The Hall–Kier alpha value is -2.28. The van der Waals surface area contributed by atoms with Crippen molar-refractivity contribution >= 4 is 5.91 Å². The molecule has 0 spiro atoms. The molecule has 1 unspecified atom stereocenters. The number of rotatable bonds is 2. The minimum Gasteiger partial charge on any atom is -0.441 e. The Morgan fingerprint density at radius 3 is 2.64 bits per heavy atom. The molecule has 1 amide bonds. The van der Waals surface area contributed by atoms with E-state index in [4.69, 9.17) is 4.42 Å². The van der Waals surface area contributed by atoms with Gasteiger partial charge in [-0.3, -0.25) is 4.79 Å². The van der Waals surface area contributed by atoms with Gasteiger partial charge in [0, 0.05) is 30.5 Å². The number of halogens is 2. The molecule has 0 radical (unpaired) electrons. The van der Waals surface area contributed by atoms with E-state index >= 15 is 0 Å². The zero-order chi connectivity index (χ0) is 17.1. The van der Waals surface area contributed by atoms with Gasteiger partial charge in [0.2, 0.25) is 11.8 Å². The normalized spacial score (nSPS) is 27.1. The zero-order valence-electron chi connectivity index (χ0n) is 13.5. The molecule has 7 heteroatoms. The van der Waals surface area contributed by atoms with Crippen LogP contribution in [0.2, 0.25) is 0 Å².